The molecule has 1 unspecified atom stereocenters. The molecule has 20 heavy (non-hydrogen) atoms. The molecule has 2 rings (SSSR count). The van der Waals surface area contributed by atoms with Gasteiger partial charge >= 0.3 is 5.97 Å². The summed E-state index contributed by atoms with van der Waals surface area (Å²) in [7, 11) is 0. The maximum absolute atomic E-state index is 13.8. The minimum atomic E-state index is -0.725. The van der Waals surface area contributed by atoms with Crippen LogP contribution in [0.1, 0.15) is 31.7 Å². The van der Waals surface area contributed by atoms with Gasteiger partial charge in [0.15, 0.2) is 0 Å². The van der Waals surface area contributed by atoms with Gasteiger partial charge in [0.2, 0.25) is 0 Å². The molecule has 110 valence electrons. The topological polar surface area (TPSA) is 40.5 Å². The third-order valence-electron chi connectivity index (χ3n) is 4.02. The average molecular weight is 344 g/mol. The molecule has 1 fully saturated rings. The molecule has 0 amide bonds. The van der Waals surface area contributed by atoms with Gasteiger partial charge in [0, 0.05) is 23.1 Å². The zero-order valence-electron chi connectivity index (χ0n) is 11.5. The summed E-state index contributed by atoms with van der Waals surface area (Å²) < 4.78 is 14.6. The number of benzene rings is 1. The third kappa shape index (κ3) is 3.20. The molecule has 1 heterocycles. The van der Waals surface area contributed by atoms with E-state index in [1.807, 2.05) is 11.8 Å². The number of aliphatic carboxylic acids is 1. The predicted octanol–water partition coefficient (Wildman–Crippen LogP) is 3.67. The van der Waals surface area contributed by atoms with Gasteiger partial charge < -0.3 is 5.11 Å². The van der Waals surface area contributed by atoms with Gasteiger partial charge in [-0.05, 0) is 37.6 Å². The second-order valence-electron chi connectivity index (χ2n) is 5.53. The summed E-state index contributed by atoms with van der Waals surface area (Å²) in [5.41, 5.74) is -0.0471. The van der Waals surface area contributed by atoms with E-state index < -0.39 is 11.4 Å². The number of halogens is 2. The fraction of sp³-hybridized carbons (Fsp3) is 0.533. The Kier molecular flexibility index (Phi) is 4.81. The van der Waals surface area contributed by atoms with Gasteiger partial charge in [0.25, 0.3) is 0 Å². The van der Waals surface area contributed by atoms with E-state index in [4.69, 9.17) is 0 Å². The second kappa shape index (κ2) is 6.22. The predicted molar refractivity (Wildman–Crippen MR) is 79.0 cm³/mol. The quantitative estimate of drug-likeness (QED) is 0.886. The Morgan fingerprint density at radius 1 is 1.55 bits per heavy atom. The summed E-state index contributed by atoms with van der Waals surface area (Å²) in [4.78, 5) is 13.6. The van der Waals surface area contributed by atoms with Crippen LogP contribution in [0.15, 0.2) is 22.7 Å². The lowest BCUT2D eigenvalue weighted by Gasteiger charge is -2.24. The van der Waals surface area contributed by atoms with Crippen LogP contribution >= 0.6 is 15.9 Å². The van der Waals surface area contributed by atoms with E-state index in [1.165, 1.54) is 6.07 Å². The standard InChI is InChI=1S/C15H19BrFNO2/c1-2-5-15(14(19)20)6-7-18(10-15)9-11-8-12(16)3-4-13(11)17/h3-4,8H,2,5-7,9-10H2,1H3,(H,19,20). The number of hydrogen-bond acceptors (Lipinski definition) is 2. The van der Waals surface area contributed by atoms with Gasteiger partial charge in [0.05, 0.1) is 5.41 Å². The molecule has 1 aromatic rings. The summed E-state index contributed by atoms with van der Waals surface area (Å²) in [5, 5.41) is 9.47. The number of carboxylic acids is 1. The van der Waals surface area contributed by atoms with Crippen molar-refractivity contribution in [2.24, 2.45) is 5.41 Å². The highest BCUT2D eigenvalue weighted by Gasteiger charge is 2.43. The lowest BCUT2D eigenvalue weighted by molar-refractivity contribution is -0.148. The Morgan fingerprint density at radius 3 is 2.95 bits per heavy atom. The molecule has 0 bridgehead atoms. The van der Waals surface area contributed by atoms with Crippen LogP contribution in [-0.4, -0.2) is 29.1 Å². The Morgan fingerprint density at radius 2 is 2.30 bits per heavy atom. The Balaban J connectivity index is 2.09. The number of hydrogen-bond donors (Lipinski definition) is 1. The van der Waals surface area contributed by atoms with Crippen molar-refractivity contribution in [3.05, 3.63) is 34.1 Å². The maximum Gasteiger partial charge on any atom is 0.310 e. The van der Waals surface area contributed by atoms with Gasteiger partial charge in [-0.3, -0.25) is 9.69 Å². The van der Waals surface area contributed by atoms with E-state index in [1.54, 1.807) is 12.1 Å². The lowest BCUT2D eigenvalue weighted by Crippen LogP contribution is -2.34. The van der Waals surface area contributed by atoms with E-state index in [2.05, 4.69) is 15.9 Å². The lowest BCUT2D eigenvalue weighted by atomic mass is 9.83. The zero-order valence-corrected chi connectivity index (χ0v) is 13.1. The number of nitrogens with zero attached hydrogens (tertiary/aromatic N) is 1. The SMILES string of the molecule is CCCC1(C(=O)O)CCN(Cc2cc(Br)ccc2F)C1. The van der Waals surface area contributed by atoms with Crippen molar-refractivity contribution in [3.63, 3.8) is 0 Å². The van der Waals surface area contributed by atoms with Gasteiger partial charge in [-0.2, -0.15) is 0 Å². The number of carboxylic acid groups (broad SMARTS) is 1. The Hall–Kier alpha value is -0.940. The fourth-order valence-electron chi connectivity index (χ4n) is 2.96. The van der Waals surface area contributed by atoms with Crippen molar-refractivity contribution in [2.45, 2.75) is 32.7 Å². The van der Waals surface area contributed by atoms with E-state index in [0.717, 1.165) is 10.9 Å². The number of rotatable bonds is 5. The molecule has 0 aromatic heterocycles. The summed E-state index contributed by atoms with van der Waals surface area (Å²) in [6, 6.07) is 4.86. The molecule has 1 N–H and O–H groups in total. The van der Waals surface area contributed by atoms with Crippen molar-refractivity contribution in [1.29, 1.82) is 0 Å². The second-order valence-corrected chi connectivity index (χ2v) is 6.45. The van der Waals surface area contributed by atoms with Crippen molar-refractivity contribution in [2.75, 3.05) is 13.1 Å². The molecule has 1 aliphatic heterocycles. The molecule has 0 radical (unpaired) electrons. The van der Waals surface area contributed by atoms with Crippen LogP contribution in [-0.2, 0) is 11.3 Å². The average Bonchev–Trinajstić information content (AvgIpc) is 2.79. The minimum absolute atomic E-state index is 0.239. The van der Waals surface area contributed by atoms with Crippen molar-refractivity contribution < 1.29 is 14.3 Å². The number of carbonyl (C=O) groups is 1. The highest BCUT2D eigenvalue weighted by Crippen LogP contribution is 2.36. The van der Waals surface area contributed by atoms with E-state index in [0.29, 0.717) is 38.0 Å². The van der Waals surface area contributed by atoms with E-state index in [-0.39, 0.29) is 5.82 Å². The first kappa shape index (κ1) is 15.4. The molecule has 0 saturated carbocycles. The third-order valence-corrected chi connectivity index (χ3v) is 4.51. The minimum Gasteiger partial charge on any atom is -0.481 e. The summed E-state index contributed by atoms with van der Waals surface area (Å²) >= 11 is 3.34. The van der Waals surface area contributed by atoms with Crippen LogP contribution < -0.4 is 0 Å². The van der Waals surface area contributed by atoms with Crippen LogP contribution in [0.25, 0.3) is 0 Å². The van der Waals surface area contributed by atoms with Crippen LogP contribution in [0.2, 0.25) is 0 Å². The normalized spacial score (nSPS) is 23.1. The van der Waals surface area contributed by atoms with Crippen molar-refractivity contribution >= 4 is 21.9 Å². The van der Waals surface area contributed by atoms with Crippen LogP contribution in [0.4, 0.5) is 4.39 Å². The molecule has 0 spiro atoms. The van der Waals surface area contributed by atoms with Crippen LogP contribution in [0.3, 0.4) is 0 Å². The van der Waals surface area contributed by atoms with Gasteiger partial charge in [0.1, 0.15) is 5.82 Å². The molecule has 5 heteroatoms. The zero-order chi connectivity index (χ0) is 14.8. The van der Waals surface area contributed by atoms with E-state index >= 15 is 0 Å². The van der Waals surface area contributed by atoms with Crippen LogP contribution in [0.5, 0.6) is 0 Å². The first-order chi connectivity index (χ1) is 9.47. The number of likely N-dealkylation sites (tertiary alicyclic amines) is 1. The van der Waals surface area contributed by atoms with Crippen LogP contribution in [0, 0.1) is 11.2 Å². The molecule has 1 atom stereocenters. The largest absolute Gasteiger partial charge is 0.481 e. The molecular weight excluding hydrogens is 325 g/mol. The monoisotopic (exact) mass is 343 g/mol. The van der Waals surface area contributed by atoms with Gasteiger partial charge in [-0.1, -0.05) is 29.3 Å². The summed E-state index contributed by atoms with van der Waals surface area (Å²) in [6.07, 6.45) is 2.18. The molecule has 3 nitrogen and oxygen atoms in total. The first-order valence-corrected chi connectivity index (χ1v) is 7.66. The summed E-state index contributed by atoms with van der Waals surface area (Å²) in [6.45, 7) is 3.67. The maximum atomic E-state index is 13.8. The van der Waals surface area contributed by atoms with Gasteiger partial charge in [-0.25, -0.2) is 4.39 Å². The molecule has 1 aromatic carbocycles. The highest BCUT2D eigenvalue weighted by molar-refractivity contribution is 9.10. The Labute approximate surface area is 126 Å². The molecule has 0 aliphatic carbocycles. The highest BCUT2D eigenvalue weighted by atomic mass is 79.9. The summed E-state index contributed by atoms with van der Waals surface area (Å²) in [5.74, 6) is -0.965. The Bertz CT molecular complexity index is 509. The van der Waals surface area contributed by atoms with Crippen molar-refractivity contribution in [3.8, 4) is 0 Å². The van der Waals surface area contributed by atoms with E-state index in [9.17, 15) is 14.3 Å². The van der Waals surface area contributed by atoms with Gasteiger partial charge in [-0.15, -0.1) is 0 Å². The molecular formula is C15H19BrFNO2. The molecule has 1 aliphatic rings. The molecule has 1 saturated heterocycles. The van der Waals surface area contributed by atoms with Crippen molar-refractivity contribution in [1.82, 2.24) is 4.90 Å². The first-order valence-electron chi connectivity index (χ1n) is 6.86. The fourth-order valence-corrected chi connectivity index (χ4v) is 3.37. The smallest absolute Gasteiger partial charge is 0.310 e.